The Balaban J connectivity index is 1.96. The Morgan fingerprint density at radius 1 is 1.11 bits per heavy atom. The molecule has 0 radical (unpaired) electrons. The van der Waals surface area contributed by atoms with E-state index in [2.05, 4.69) is 19.1 Å². The minimum Gasteiger partial charge on any atom is -0.294 e. The molecule has 4 atom stereocenters. The van der Waals surface area contributed by atoms with Crippen LogP contribution in [0.1, 0.15) is 34.1 Å². The van der Waals surface area contributed by atoms with E-state index in [9.17, 15) is 9.59 Å². The Hall–Kier alpha value is -1.70. The highest BCUT2D eigenvalue weighted by atomic mass is 16.1. The van der Waals surface area contributed by atoms with Crippen LogP contribution in [0.15, 0.2) is 36.4 Å². The molecule has 0 aromatic heterocycles. The van der Waals surface area contributed by atoms with Crippen molar-refractivity contribution in [3.8, 4) is 0 Å². The molecule has 1 saturated carbocycles. The van der Waals surface area contributed by atoms with E-state index in [1.54, 1.807) is 12.1 Å². The number of fused-ring (bicyclic) bond motifs is 6. The number of hydrogen-bond donors (Lipinski definition) is 0. The molecule has 3 aliphatic carbocycles. The predicted octanol–water partition coefficient (Wildman–Crippen LogP) is 2.89. The van der Waals surface area contributed by atoms with Crippen LogP contribution in [0.2, 0.25) is 0 Å². The highest BCUT2D eigenvalue weighted by Gasteiger charge is 2.59. The van der Waals surface area contributed by atoms with Crippen LogP contribution in [-0.4, -0.2) is 11.6 Å². The van der Waals surface area contributed by atoms with Gasteiger partial charge in [0.15, 0.2) is 11.6 Å². The van der Waals surface area contributed by atoms with Gasteiger partial charge in [-0.1, -0.05) is 43.3 Å². The first-order valence-corrected chi connectivity index (χ1v) is 6.49. The summed E-state index contributed by atoms with van der Waals surface area (Å²) in [5.74, 6) is 0.375. The summed E-state index contributed by atoms with van der Waals surface area (Å²) < 4.78 is 0. The van der Waals surface area contributed by atoms with Gasteiger partial charge in [-0.2, -0.15) is 0 Å². The first kappa shape index (κ1) is 10.2. The molecule has 1 fully saturated rings. The zero-order valence-corrected chi connectivity index (χ0v) is 10.2. The number of ketones is 2. The third-order valence-corrected chi connectivity index (χ3v) is 4.97. The monoisotopic (exact) mass is 238 g/mol. The van der Waals surface area contributed by atoms with Gasteiger partial charge in [-0.3, -0.25) is 9.59 Å². The summed E-state index contributed by atoms with van der Waals surface area (Å²) in [5, 5.41) is 0. The molecular formula is C16H14O2. The Labute approximate surface area is 106 Å². The van der Waals surface area contributed by atoms with E-state index >= 15 is 0 Å². The quantitative estimate of drug-likeness (QED) is 0.651. The molecule has 90 valence electrons. The summed E-state index contributed by atoms with van der Waals surface area (Å²) in [6, 6.07) is 7.28. The van der Waals surface area contributed by atoms with E-state index in [0.29, 0.717) is 11.1 Å². The van der Waals surface area contributed by atoms with Crippen molar-refractivity contribution in [3.63, 3.8) is 0 Å². The maximum Gasteiger partial charge on any atom is 0.168 e. The highest BCUT2D eigenvalue weighted by Crippen LogP contribution is 2.59. The van der Waals surface area contributed by atoms with Gasteiger partial charge in [0.05, 0.1) is 0 Å². The molecule has 2 heteroatoms. The standard InChI is InChI=1S/C16H14O2/c1-16-7-6-9(8-16)12-13(16)15(18)11-5-3-2-4-10(11)14(12)17/h2-7,9,12-13H,8H2,1H3. The van der Waals surface area contributed by atoms with Crippen LogP contribution in [0.3, 0.4) is 0 Å². The maximum atomic E-state index is 12.7. The summed E-state index contributed by atoms with van der Waals surface area (Å²) in [7, 11) is 0. The summed E-state index contributed by atoms with van der Waals surface area (Å²) in [6.07, 6.45) is 5.24. The fourth-order valence-electron chi connectivity index (χ4n) is 4.19. The van der Waals surface area contributed by atoms with Crippen molar-refractivity contribution in [1.29, 1.82) is 0 Å². The van der Waals surface area contributed by atoms with E-state index in [-0.39, 0.29) is 34.7 Å². The number of benzene rings is 1. The lowest BCUT2D eigenvalue weighted by atomic mass is 9.65. The molecule has 0 saturated heterocycles. The fourth-order valence-corrected chi connectivity index (χ4v) is 4.19. The third kappa shape index (κ3) is 1.000. The van der Waals surface area contributed by atoms with E-state index in [1.807, 2.05) is 12.1 Å². The second-order valence-corrected chi connectivity index (χ2v) is 6.01. The molecule has 0 heterocycles. The van der Waals surface area contributed by atoms with Gasteiger partial charge in [0, 0.05) is 23.0 Å². The van der Waals surface area contributed by atoms with Crippen LogP contribution < -0.4 is 0 Å². The van der Waals surface area contributed by atoms with Crippen molar-refractivity contribution in [2.75, 3.05) is 0 Å². The van der Waals surface area contributed by atoms with Crippen molar-refractivity contribution in [2.24, 2.45) is 23.2 Å². The van der Waals surface area contributed by atoms with Crippen molar-refractivity contribution < 1.29 is 9.59 Å². The maximum absolute atomic E-state index is 12.7. The predicted molar refractivity (Wildman–Crippen MR) is 67.4 cm³/mol. The first-order chi connectivity index (χ1) is 8.62. The smallest absolute Gasteiger partial charge is 0.168 e. The molecule has 18 heavy (non-hydrogen) atoms. The minimum absolute atomic E-state index is 0.102. The largest absolute Gasteiger partial charge is 0.294 e. The van der Waals surface area contributed by atoms with Gasteiger partial charge < -0.3 is 0 Å². The van der Waals surface area contributed by atoms with E-state index < -0.39 is 0 Å². The SMILES string of the molecule is CC12C=CC(C1)C1C(=O)c3ccccc3C(=O)C12. The Kier molecular flexibility index (Phi) is 1.71. The second kappa shape index (κ2) is 3.00. The molecule has 4 unspecified atom stereocenters. The van der Waals surface area contributed by atoms with Crippen LogP contribution in [0.5, 0.6) is 0 Å². The van der Waals surface area contributed by atoms with E-state index in [0.717, 1.165) is 6.42 Å². The van der Waals surface area contributed by atoms with Crippen LogP contribution in [0, 0.1) is 23.2 Å². The van der Waals surface area contributed by atoms with Crippen LogP contribution in [0.25, 0.3) is 0 Å². The van der Waals surface area contributed by atoms with Gasteiger partial charge in [-0.15, -0.1) is 0 Å². The van der Waals surface area contributed by atoms with Gasteiger partial charge in [-0.25, -0.2) is 0 Å². The number of rotatable bonds is 0. The summed E-state index contributed by atoms with van der Waals surface area (Å²) in [6.45, 7) is 2.12. The molecule has 0 N–H and O–H groups in total. The second-order valence-electron chi connectivity index (χ2n) is 6.01. The zero-order chi connectivity index (χ0) is 12.5. The van der Waals surface area contributed by atoms with Gasteiger partial charge in [0.1, 0.15) is 0 Å². The number of hydrogen-bond acceptors (Lipinski definition) is 2. The average molecular weight is 238 g/mol. The average Bonchev–Trinajstić information content (AvgIpc) is 2.89. The van der Waals surface area contributed by atoms with E-state index in [4.69, 9.17) is 0 Å². The Morgan fingerprint density at radius 2 is 1.78 bits per heavy atom. The minimum atomic E-state index is -0.130. The number of Topliss-reactive ketones (excluding diaryl/α,β-unsaturated/α-hetero) is 2. The van der Waals surface area contributed by atoms with Crippen molar-refractivity contribution in [2.45, 2.75) is 13.3 Å². The zero-order valence-electron chi connectivity index (χ0n) is 10.2. The van der Waals surface area contributed by atoms with Gasteiger partial charge in [0.2, 0.25) is 0 Å². The highest BCUT2D eigenvalue weighted by molar-refractivity contribution is 6.17. The lowest BCUT2D eigenvalue weighted by Gasteiger charge is -2.35. The van der Waals surface area contributed by atoms with Gasteiger partial charge in [0.25, 0.3) is 0 Å². The summed E-state index contributed by atoms with van der Waals surface area (Å²) in [5.41, 5.74) is 1.16. The van der Waals surface area contributed by atoms with Crippen molar-refractivity contribution in [1.82, 2.24) is 0 Å². The molecule has 2 bridgehead atoms. The molecule has 0 spiro atoms. The van der Waals surface area contributed by atoms with Gasteiger partial charge in [-0.05, 0) is 17.8 Å². The normalized spacial score (nSPS) is 39.9. The van der Waals surface area contributed by atoms with Gasteiger partial charge >= 0.3 is 0 Å². The fraction of sp³-hybridized carbons (Fsp3) is 0.375. The summed E-state index contributed by atoms with van der Waals surface area (Å²) >= 11 is 0. The van der Waals surface area contributed by atoms with Crippen LogP contribution in [0.4, 0.5) is 0 Å². The Morgan fingerprint density at radius 3 is 2.50 bits per heavy atom. The first-order valence-electron chi connectivity index (χ1n) is 6.49. The molecule has 3 aliphatic rings. The van der Waals surface area contributed by atoms with Crippen molar-refractivity contribution >= 4 is 11.6 Å². The molecule has 0 aliphatic heterocycles. The number of carbonyl (C=O) groups is 2. The lowest BCUT2D eigenvalue weighted by Crippen LogP contribution is -2.41. The number of carbonyl (C=O) groups excluding carboxylic acids is 2. The third-order valence-electron chi connectivity index (χ3n) is 4.97. The van der Waals surface area contributed by atoms with E-state index in [1.165, 1.54) is 0 Å². The molecule has 1 aromatic carbocycles. The molecule has 0 amide bonds. The van der Waals surface area contributed by atoms with Crippen LogP contribution in [-0.2, 0) is 0 Å². The topological polar surface area (TPSA) is 34.1 Å². The number of allylic oxidation sites excluding steroid dienone is 2. The Bertz CT molecular complexity index is 613. The molecule has 1 aromatic rings. The lowest BCUT2D eigenvalue weighted by molar-refractivity contribution is 0.0676. The van der Waals surface area contributed by atoms with Crippen LogP contribution >= 0.6 is 0 Å². The molecular weight excluding hydrogens is 224 g/mol. The molecule has 2 nitrogen and oxygen atoms in total. The summed E-state index contributed by atoms with van der Waals surface area (Å²) in [4.78, 5) is 25.2. The molecule has 4 rings (SSSR count). The van der Waals surface area contributed by atoms with Crippen molar-refractivity contribution in [3.05, 3.63) is 47.5 Å².